The van der Waals surface area contributed by atoms with Gasteiger partial charge in [0.05, 0.1) is 16.8 Å². The van der Waals surface area contributed by atoms with Crippen LogP contribution >= 0.6 is 0 Å². The van der Waals surface area contributed by atoms with Gasteiger partial charge in [-0.15, -0.1) is 0 Å². The summed E-state index contributed by atoms with van der Waals surface area (Å²) in [5.74, 6) is -0.113. The van der Waals surface area contributed by atoms with Crippen LogP contribution in [0, 0.1) is 6.92 Å². The van der Waals surface area contributed by atoms with Crippen molar-refractivity contribution in [3.63, 3.8) is 0 Å². The number of benzene rings is 3. The van der Waals surface area contributed by atoms with Gasteiger partial charge in [0.25, 0.3) is 0 Å². The Morgan fingerprint density at radius 3 is 2.34 bits per heavy atom. The van der Waals surface area contributed by atoms with Crippen molar-refractivity contribution in [2.75, 3.05) is 6.61 Å². The Morgan fingerprint density at radius 1 is 0.886 bits per heavy atom. The first-order valence-electron chi connectivity index (χ1n) is 12.4. The van der Waals surface area contributed by atoms with Gasteiger partial charge >= 0.3 is 5.97 Å². The third-order valence-corrected chi connectivity index (χ3v) is 6.93. The molecule has 0 radical (unpaired) electrons. The van der Waals surface area contributed by atoms with Crippen molar-refractivity contribution in [3.8, 4) is 11.3 Å². The molecule has 0 N–H and O–H groups in total. The highest BCUT2D eigenvalue weighted by Gasteiger charge is 2.18. The largest absolute Gasteiger partial charge is 0.454 e. The molecule has 1 fully saturated rings. The predicted octanol–water partition coefficient (Wildman–Crippen LogP) is 7.30. The second-order valence-electron chi connectivity index (χ2n) is 9.39. The standard InChI is InChI=1S/C31H29NO3/c1-21-11-13-25(14-12-21)30(33)20-35-31(34)27-19-29(32-28-10-6-5-9-26(27)28)24-17-15-23(16-18-24)22-7-3-2-4-8-22/h5-6,9-19,22H,2-4,7-8,20H2,1H3. The van der Waals surface area contributed by atoms with E-state index < -0.39 is 5.97 Å². The molecule has 0 bridgehead atoms. The maximum absolute atomic E-state index is 13.1. The van der Waals surface area contributed by atoms with E-state index in [1.807, 2.05) is 43.3 Å². The van der Waals surface area contributed by atoms with Crippen LogP contribution in [-0.4, -0.2) is 23.3 Å². The van der Waals surface area contributed by atoms with Gasteiger partial charge in [-0.2, -0.15) is 0 Å². The Kier molecular flexibility index (Phi) is 6.71. The summed E-state index contributed by atoms with van der Waals surface area (Å²) in [5, 5.41) is 0.711. The molecule has 3 aromatic carbocycles. The number of fused-ring (bicyclic) bond motifs is 1. The van der Waals surface area contributed by atoms with Crippen LogP contribution < -0.4 is 0 Å². The third-order valence-electron chi connectivity index (χ3n) is 6.93. The number of carbonyl (C=O) groups excluding carboxylic acids is 2. The van der Waals surface area contributed by atoms with Crippen molar-refractivity contribution >= 4 is 22.7 Å². The van der Waals surface area contributed by atoms with E-state index >= 15 is 0 Å². The topological polar surface area (TPSA) is 56.3 Å². The molecule has 0 amide bonds. The lowest BCUT2D eigenvalue weighted by Gasteiger charge is -2.22. The number of aryl methyl sites for hydroxylation is 1. The third kappa shape index (κ3) is 5.17. The van der Waals surface area contributed by atoms with Gasteiger partial charge in [0, 0.05) is 16.5 Å². The lowest BCUT2D eigenvalue weighted by molar-refractivity contribution is 0.0476. The first kappa shape index (κ1) is 23.0. The van der Waals surface area contributed by atoms with Crippen LogP contribution in [0.3, 0.4) is 0 Å². The average molecular weight is 464 g/mol. The second-order valence-corrected chi connectivity index (χ2v) is 9.39. The van der Waals surface area contributed by atoms with Crippen molar-refractivity contribution in [2.45, 2.75) is 44.9 Å². The number of ketones is 1. The van der Waals surface area contributed by atoms with Crippen LogP contribution in [0.25, 0.3) is 22.2 Å². The molecular formula is C31H29NO3. The lowest BCUT2D eigenvalue weighted by Crippen LogP contribution is -2.15. The minimum Gasteiger partial charge on any atom is -0.454 e. The van der Waals surface area contributed by atoms with Gasteiger partial charge in [0.2, 0.25) is 0 Å². The van der Waals surface area contributed by atoms with Gasteiger partial charge in [0.1, 0.15) is 0 Å². The molecule has 5 rings (SSSR count). The van der Waals surface area contributed by atoms with E-state index in [-0.39, 0.29) is 12.4 Å². The minimum atomic E-state index is -0.524. The van der Waals surface area contributed by atoms with Crippen LogP contribution in [0.15, 0.2) is 78.9 Å². The van der Waals surface area contributed by atoms with Gasteiger partial charge in [-0.1, -0.05) is 91.6 Å². The number of esters is 1. The highest BCUT2D eigenvalue weighted by Crippen LogP contribution is 2.34. The average Bonchev–Trinajstić information content (AvgIpc) is 2.92. The quantitative estimate of drug-likeness (QED) is 0.222. The van der Waals surface area contributed by atoms with Crippen LogP contribution in [-0.2, 0) is 4.74 Å². The minimum absolute atomic E-state index is 0.227. The predicted molar refractivity (Wildman–Crippen MR) is 139 cm³/mol. The molecule has 4 heteroatoms. The van der Waals surface area contributed by atoms with E-state index in [0.29, 0.717) is 22.4 Å². The summed E-state index contributed by atoms with van der Waals surface area (Å²) in [6, 6.07) is 25.1. The van der Waals surface area contributed by atoms with Gasteiger partial charge in [0.15, 0.2) is 12.4 Å². The molecule has 0 atom stereocenters. The molecule has 1 aliphatic rings. The number of carbonyl (C=O) groups is 2. The molecule has 1 heterocycles. The van der Waals surface area contributed by atoms with E-state index in [9.17, 15) is 9.59 Å². The van der Waals surface area contributed by atoms with Crippen molar-refractivity contribution in [1.29, 1.82) is 0 Å². The highest BCUT2D eigenvalue weighted by atomic mass is 16.5. The van der Waals surface area contributed by atoms with E-state index in [2.05, 4.69) is 24.3 Å². The molecule has 35 heavy (non-hydrogen) atoms. The van der Waals surface area contributed by atoms with Crippen molar-refractivity contribution in [1.82, 2.24) is 4.98 Å². The summed E-state index contributed by atoms with van der Waals surface area (Å²) >= 11 is 0. The summed E-state index contributed by atoms with van der Waals surface area (Å²) in [6.07, 6.45) is 6.45. The van der Waals surface area contributed by atoms with Crippen molar-refractivity contribution in [3.05, 3.63) is 101 Å². The number of para-hydroxylation sites is 1. The number of Topliss-reactive ketones (excluding diaryl/α,β-unsaturated/α-hetero) is 1. The van der Waals surface area contributed by atoms with Gasteiger partial charge in [-0.25, -0.2) is 9.78 Å². The zero-order valence-corrected chi connectivity index (χ0v) is 20.0. The summed E-state index contributed by atoms with van der Waals surface area (Å²) < 4.78 is 5.46. The molecule has 1 saturated carbocycles. The number of aromatic nitrogens is 1. The zero-order chi connectivity index (χ0) is 24.2. The van der Waals surface area contributed by atoms with E-state index in [1.54, 1.807) is 18.2 Å². The SMILES string of the molecule is Cc1ccc(C(=O)COC(=O)c2cc(-c3ccc(C4CCCCC4)cc3)nc3ccccc23)cc1. The Bertz CT molecular complexity index is 1350. The van der Waals surface area contributed by atoms with E-state index in [0.717, 1.165) is 22.3 Å². The van der Waals surface area contributed by atoms with Crippen molar-refractivity contribution in [2.24, 2.45) is 0 Å². The van der Waals surface area contributed by atoms with E-state index in [1.165, 1.54) is 37.7 Å². The smallest absolute Gasteiger partial charge is 0.339 e. The molecule has 0 aliphatic heterocycles. The van der Waals surface area contributed by atoms with Gasteiger partial charge in [-0.3, -0.25) is 4.79 Å². The molecule has 0 unspecified atom stereocenters. The fourth-order valence-electron chi connectivity index (χ4n) is 4.89. The normalized spacial score (nSPS) is 14.1. The number of rotatable bonds is 6. The molecule has 176 valence electrons. The first-order valence-corrected chi connectivity index (χ1v) is 12.4. The molecule has 0 saturated heterocycles. The van der Waals surface area contributed by atoms with Gasteiger partial charge < -0.3 is 4.74 Å². The second kappa shape index (κ2) is 10.2. The Hall–Kier alpha value is -3.79. The Morgan fingerprint density at radius 2 is 1.60 bits per heavy atom. The maximum atomic E-state index is 13.1. The number of hydrogen-bond donors (Lipinski definition) is 0. The molecule has 4 nitrogen and oxygen atoms in total. The summed E-state index contributed by atoms with van der Waals surface area (Å²) in [5.41, 5.74) is 5.79. The summed E-state index contributed by atoms with van der Waals surface area (Å²) in [4.78, 5) is 30.4. The number of nitrogens with zero attached hydrogens (tertiary/aromatic N) is 1. The molecule has 1 aromatic heterocycles. The molecular weight excluding hydrogens is 434 g/mol. The molecule has 1 aliphatic carbocycles. The Balaban J connectivity index is 1.39. The molecule has 4 aromatic rings. The summed E-state index contributed by atoms with van der Waals surface area (Å²) in [6.45, 7) is 1.66. The Labute approximate surface area is 206 Å². The zero-order valence-electron chi connectivity index (χ0n) is 20.0. The monoisotopic (exact) mass is 463 g/mol. The van der Waals surface area contributed by atoms with Crippen LogP contribution in [0.5, 0.6) is 0 Å². The van der Waals surface area contributed by atoms with Crippen LogP contribution in [0.2, 0.25) is 0 Å². The summed E-state index contributed by atoms with van der Waals surface area (Å²) in [7, 11) is 0. The lowest BCUT2D eigenvalue weighted by atomic mass is 9.84. The number of pyridine rings is 1. The van der Waals surface area contributed by atoms with Crippen LogP contribution in [0.1, 0.15) is 69.9 Å². The maximum Gasteiger partial charge on any atom is 0.339 e. The fraction of sp³-hybridized carbons (Fsp3) is 0.258. The first-order chi connectivity index (χ1) is 17.1. The number of hydrogen-bond acceptors (Lipinski definition) is 4. The molecule has 0 spiro atoms. The van der Waals surface area contributed by atoms with Crippen molar-refractivity contribution < 1.29 is 14.3 Å². The highest BCUT2D eigenvalue weighted by molar-refractivity contribution is 6.06. The van der Waals surface area contributed by atoms with E-state index in [4.69, 9.17) is 9.72 Å². The van der Waals surface area contributed by atoms with Gasteiger partial charge in [-0.05, 0) is 43.4 Å². The number of ether oxygens (including phenoxy) is 1. The van der Waals surface area contributed by atoms with Crippen LogP contribution in [0.4, 0.5) is 0 Å². The fourth-order valence-corrected chi connectivity index (χ4v) is 4.89.